The number of carbonyl (C=O) groups excluding carboxylic acids is 1. The largest absolute Gasteiger partial charge is 0.361 e. The molecule has 0 bridgehead atoms. The van der Waals surface area contributed by atoms with Crippen molar-refractivity contribution in [1.29, 1.82) is 0 Å². The molecule has 3 atom stereocenters. The van der Waals surface area contributed by atoms with Gasteiger partial charge in [-0.1, -0.05) is 72.8 Å². The Bertz CT molecular complexity index is 741. The summed E-state index contributed by atoms with van der Waals surface area (Å²) in [5.41, 5.74) is 3.52. The molecule has 2 aliphatic rings. The van der Waals surface area contributed by atoms with Gasteiger partial charge in [0.05, 0.1) is 12.6 Å². The molecule has 2 fully saturated rings. The number of carbonyl (C=O) groups is 1. The average molecular weight is 319 g/mol. The lowest BCUT2D eigenvalue weighted by Gasteiger charge is -2.44. The lowest BCUT2D eigenvalue weighted by atomic mass is 9.83. The Hall–Kier alpha value is -2.39. The van der Waals surface area contributed by atoms with Gasteiger partial charge in [-0.15, -0.1) is 0 Å². The highest BCUT2D eigenvalue weighted by atomic mass is 16.5. The lowest BCUT2D eigenvalue weighted by molar-refractivity contribution is -0.173. The second-order valence-electron chi connectivity index (χ2n) is 6.63. The molecule has 2 aliphatic heterocycles. The van der Waals surface area contributed by atoms with Gasteiger partial charge in [0.15, 0.2) is 6.10 Å². The Morgan fingerprint density at radius 1 is 1.00 bits per heavy atom. The zero-order valence-corrected chi connectivity index (χ0v) is 13.6. The highest BCUT2D eigenvalue weighted by Crippen LogP contribution is 2.41. The normalized spacial score (nSPS) is 25.5. The molecular weight excluding hydrogens is 298 g/mol. The predicted molar refractivity (Wildman–Crippen MR) is 93.3 cm³/mol. The molecule has 2 heterocycles. The summed E-state index contributed by atoms with van der Waals surface area (Å²) in [6.45, 7) is 5.36. The number of amides is 1. The van der Waals surface area contributed by atoms with E-state index in [-0.39, 0.29) is 24.0 Å². The molecule has 2 saturated heterocycles. The molecule has 0 aromatic heterocycles. The van der Waals surface area contributed by atoms with Crippen molar-refractivity contribution in [3.05, 3.63) is 83.9 Å². The second-order valence-corrected chi connectivity index (χ2v) is 6.63. The molecule has 2 aromatic carbocycles. The standard InChI is InChI=1S/C21H21NO2/c1-15-13-22-19(18(15)12-16-8-4-2-5-9-16)20(21(22)23)24-14-17-10-6-3-7-11-17/h2-11,18-20H,1,12-14H2/t18-,19-,20+/m0/s1. The fourth-order valence-electron chi connectivity index (χ4n) is 3.79. The van der Waals surface area contributed by atoms with Crippen LogP contribution in [0.3, 0.4) is 0 Å². The number of nitrogens with zero attached hydrogens (tertiary/aromatic N) is 1. The van der Waals surface area contributed by atoms with E-state index < -0.39 is 0 Å². The molecule has 0 unspecified atom stereocenters. The molecule has 2 aromatic rings. The van der Waals surface area contributed by atoms with Crippen molar-refractivity contribution in [3.63, 3.8) is 0 Å². The Morgan fingerprint density at radius 3 is 2.29 bits per heavy atom. The van der Waals surface area contributed by atoms with Crippen molar-refractivity contribution in [1.82, 2.24) is 4.90 Å². The van der Waals surface area contributed by atoms with Gasteiger partial charge in [-0.05, 0) is 17.5 Å². The van der Waals surface area contributed by atoms with Gasteiger partial charge in [0.1, 0.15) is 0 Å². The first-order valence-electron chi connectivity index (χ1n) is 8.41. The van der Waals surface area contributed by atoms with Crippen LogP contribution in [0.5, 0.6) is 0 Å². The number of hydrogen-bond acceptors (Lipinski definition) is 2. The molecule has 1 amide bonds. The van der Waals surface area contributed by atoms with Gasteiger partial charge in [0.2, 0.25) is 0 Å². The minimum Gasteiger partial charge on any atom is -0.361 e. The van der Waals surface area contributed by atoms with E-state index in [0.717, 1.165) is 17.6 Å². The molecule has 3 heteroatoms. The van der Waals surface area contributed by atoms with Crippen LogP contribution < -0.4 is 0 Å². The van der Waals surface area contributed by atoms with Crippen LogP contribution in [-0.2, 0) is 22.6 Å². The lowest BCUT2D eigenvalue weighted by Crippen LogP contribution is -2.64. The van der Waals surface area contributed by atoms with Crippen LogP contribution in [0.15, 0.2) is 72.8 Å². The van der Waals surface area contributed by atoms with Gasteiger partial charge in [-0.2, -0.15) is 0 Å². The average Bonchev–Trinajstić information content (AvgIpc) is 2.90. The van der Waals surface area contributed by atoms with E-state index in [1.807, 2.05) is 41.3 Å². The molecule has 0 saturated carbocycles. The summed E-state index contributed by atoms with van der Waals surface area (Å²) in [6.07, 6.45) is 0.581. The summed E-state index contributed by atoms with van der Waals surface area (Å²) in [5.74, 6) is 0.388. The van der Waals surface area contributed by atoms with Gasteiger partial charge in [0, 0.05) is 12.5 Å². The van der Waals surface area contributed by atoms with Crippen molar-refractivity contribution >= 4 is 5.91 Å². The summed E-state index contributed by atoms with van der Waals surface area (Å²) in [4.78, 5) is 14.3. The van der Waals surface area contributed by atoms with Gasteiger partial charge in [-0.3, -0.25) is 4.79 Å². The molecule has 0 aliphatic carbocycles. The Balaban J connectivity index is 1.46. The first-order chi connectivity index (χ1) is 11.7. The first-order valence-corrected chi connectivity index (χ1v) is 8.41. The number of β-lactam (4-membered cyclic amide) rings is 1. The second kappa shape index (κ2) is 6.25. The maximum absolute atomic E-state index is 12.4. The molecule has 24 heavy (non-hydrogen) atoms. The maximum Gasteiger partial charge on any atom is 0.254 e. The van der Waals surface area contributed by atoms with Crippen LogP contribution in [0, 0.1) is 5.92 Å². The predicted octanol–water partition coefficient (Wildman–Crippen LogP) is 3.21. The van der Waals surface area contributed by atoms with E-state index in [4.69, 9.17) is 4.74 Å². The zero-order chi connectivity index (χ0) is 16.5. The van der Waals surface area contributed by atoms with Crippen LogP contribution >= 0.6 is 0 Å². The molecule has 0 spiro atoms. The van der Waals surface area contributed by atoms with Crippen LogP contribution in [-0.4, -0.2) is 29.5 Å². The van der Waals surface area contributed by atoms with Crippen molar-refractivity contribution < 1.29 is 9.53 Å². The van der Waals surface area contributed by atoms with Gasteiger partial charge < -0.3 is 9.64 Å². The third kappa shape index (κ3) is 2.65. The Kier molecular flexibility index (Phi) is 3.95. The molecule has 0 radical (unpaired) electrons. The van der Waals surface area contributed by atoms with Crippen molar-refractivity contribution in [2.45, 2.75) is 25.2 Å². The smallest absolute Gasteiger partial charge is 0.254 e. The Labute approximate surface area is 142 Å². The third-order valence-corrected chi connectivity index (χ3v) is 5.08. The summed E-state index contributed by atoms with van der Waals surface area (Å²) in [6, 6.07) is 20.5. The van der Waals surface area contributed by atoms with Crippen molar-refractivity contribution in [2.24, 2.45) is 5.92 Å². The topological polar surface area (TPSA) is 29.5 Å². The van der Waals surface area contributed by atoms with Crippen LogP contribution in [0.1, 0.15) is 11.1 Å². The van der Waals surface area contributed by atoms with Crippen LogP contribution in [0.25, 0.3) is 0 Å². The minimum atomic E-state index is -0.335. The maximum atomic E-state index is 12.4. The van der Waals surface area contributed by atoms with Crippen LogP contribution in [0.2, 0.25) is 0 Å². The summed E-state index contributed by atoms with van der Waals surface area (Å²) in [7, 11) is 0. The van der Waals surface area contributed by atoms with Crippen LogP contribution in [0.4, 0.5) is 0 Å². The molecular formula is C21H21NO2. The summed E-state index contributed by atoms with van der Waals surface area (Å²) in [5, 5.41) is 0. The summed E-state index contributed by atoms with van der Waals surface area (Å²) < 4.78 is 5.97. The Morgan fingerprint density at radius 2 is 1.62 bits per heavy atom. The number of rotatable bonds is 5. The van der Waals surface area contributed by atoms with Gasteiger partial charge >= 0.3 is 0 Å². The highest BCUT2D eigenvalue weighted by molar-refractivity contribution is 5.90. The molecule has 0 N–H and O–H groups in total. The molecule has 4 rings (SSSR count). The van der Waals surface area contributed by atoms with E-state index in [1.165, 1.54) is 5.56 Å². The number of benzene rings is 2. The van der Waals surface area contributed by atoms with E-state index in [1.54, 1.807) is 0 Å². The zero-order valence-electron chi connectivity index (χ0n) is 13.6. The van der Waals surface area contributed by atoms with E-state index in [9.17, 15) is 4.79 Å². The molecule has 122 valence electrons. The first kappa shape index (κ1) is 15.2. The third-order valence-electron chi connectivity index (χ3n) is 5.08. The van der Waals surface area contributed by atoms with Gasteiger partial charge in [-0.25, -0.2) is 0 Å². The minimum absolute atomic E-state index is 0.104. The van der Waals surface area contributed by atoms with E-state index in [2.05, 4.69) is 30.8 Å². The quantitative estimate of drug-likeness (QED) is 0.625. The summed E-state index contributed by atoms with van der Waals surface area (Å²) >= 11 is 0. The number of hydrogen-bond donors (Lipinski definition) is 0. The fourth-order valence-corrected chi connectivity index (χ4v) is 3.79. The van der Waals surface area contributed by atoms with E-state index >= 15 is 0 Å². The van der Waals surface area contributed by atoms with Crippen molar-refractivity contribution in [3.8, 4) is 0 Å². The van der Waals surface area contributed by atoms with Gasteiger partial charge in [0.25, 0.3) is 5.91 Å². The SMILES string of the molecule is C=C1CN2C(=O)[C@H](OCc3ccccc3)[C@@H]2[C@H]1Cc1ccccc1. The molecule has 3 nitrogen and oxygen atoms in total. The monoisotopic (exact) mass is 319 g/mol. The highest BCUT2D eigenvalue weighted by Gasteiger charge is 2.56. The van der Waals surface area contributed by atoms with Crippen molar-refractivity contribution in [2.75, 3.05) is 6.54 Å². The van der Waals surface area contributed by atoms with E-state index in [0.29, 0.717) is 13.2 Å². The number of ether oxygens (including phenoxy) is 1. The number of fused-ring (bicyclic) bond motifs is 1. The fraction of sp³-hybridized carbons (Fsp3) is 0.286.